The molecule has 3 saturated heterocycles. The zero-order valence-electron chi connectivity index (χ0n) is 21.1. The number of aliphatic hydroxyl groups excluding tert-OH is 2. The summed E-state index contributed by atoms with van der Waals surface area (Å²) in [6.07, 6.45) is -1.18. The third-order valence-corrected chi connectivity index (χ3v) is 10.3. The number of rotatable bonds is 5. The van der Waals surface area contributed by atoms with Crippen LogP contribution in [0.5, 0.6) is 0 Å². The molecule has 1 unspecified atom stereocenters. The summed E-state index contributed by atoms with van der Waals surface area (Å²) in [6.45, 7) is 9.88. The van der Waals surface area contributed by atoms with Crippen molar-refractivity contribution in [2.24, 2.45) is 17.8 Å². The van der Waals surface area contributed by atoms with Crippen LogP contribution in [0.2, 0.25) is 0 Å². The van der Waals surface area contributed by atoms with Crippen LogP contribution in [0.25, 0.3) is 0 Å². The first-order valence-corrected chi connectivity index (χ1v) is 13.2. The van der Waals surface area contributed by atoms with Crippen LogP contribution < -0.4 is 0 Å². The van der Waals surface area contributed by atoms with Gasteiger partial charge in [-0.2, -0.15) is 0 Å². The van der Waals surface area contributed by atoms with E-state index in [4.69, 9.17) is 23.7 Å². The molecular weight excluding hydrogens is 464 g/mol. The number of ether oxygens (including phenoxy) is 5. The van der Waals surface area contributed by atoms with Crippen LogP contribution in [0.4, 0.5) is 0 Å². The number of hydrogen-bond acceptors (Lipinski definition) is 8. The molecule has 12 atom stereocenters. The number of benzene rings is 1. The van der Waals surface area contributed by atoms with Gasteiger partial charge in [0.05, 0.1) is 24.9 Å². The van der Waals surface area contributed by atoms with E-state index >= 15 is 0 Å². The fourth-order valence-electron chi connectivity index (χ4n) is 8.78. The topological polar surface area (TPSA) is 110 Å². The maximum Gasteiger partial charge on any atom is 0.281 e. The highest BCUT2D eigenvalue weighted by Gasteiger charge is 2.87. The maximum atomic E-state index is 12.6. The molecule has 3 bridgehead atoms. The molecule has 6 aliphatic rings. The summed E-state index contributed by atoms with van der Waals surface area (Å²) in [5.41, 5.74) is -2.79. The minimum absolute atomic E-state index is 0.0647. The van der Waals surface area contributed by atoms with Crippen LogP contribution in [0.15, 0.2) is 42.5 Å². The molecule has 8 heteroatoms. The van der Waals surface area contributed by atoms with E-state index in [0.717, 1.165) is 11.1 Å². The quantitative estimate of drug-likeness (QED) is 0.416. The first-order valence-electron chi connectivity index (χ1n) is 13.2. The molecule has 3 saturated carbocycles. The minimum atomic E-state index is -1.70. The zero-order valence-corrected chi connectivity index (χ0v) is 21.1. The molecule has 3 N–H and O–H groups in total. The Kier molecular flexibility index (Phi) is 4.74. The van der Waals surface area contributed by atoms with Gasteiger partial charge in [0.1, 0.15) is 35.1 Å². The van der Waals surface area contributed by atoms with Crippen molar-refractivity contribution in [3.8, 4) is 0 Å². The first kappa shape index (κ1) is 23.7. The van der Waals surface area contributed by atoms with Gasteiger partial charge in [0.15, 0.2) is 0 Å². The molecule has 7 rings (SSSR count). The second-order valence-corrected chi connectivity index (χ2v) is 12.2. The normalized spacial score (nSPS) is 56.0. The first-order chi connectivity index (χ1) is 17.1. The van der Waals surface area contributed by atoms with Crippen LogP contribution >= 0.6 is 0 Å². The molecule has 8 nitrogen and oxygen atoms in total. The predicted molar refractivity (Wildman–Crippen MR) is 126 cm³/mol. The van der Waals surface area contributed by atoms with Gasteiger partial charge >= 0.3 is 0 Å². The largest absolute Gasteiger partial charge is 0.393 e. The Labute approximate surface area is 211 Å². The lowest BCUT2D eigenvalue weighted by Gasteiger charge is -2.57. The average molecular weight is 501 g/mol. The van der Waals surface area contributed by atoms with Crippen molar-refractivity contribution >= 4 is 0 Å². The van der Waals surface area contributed by atoms with E-state index in [1.54, 1.807) is 6.92 Å². The van der Waals surface area contributed by atoms with Crippen molar-refractivity contribution in [1.82, 2.24) is 0 Å². The monoisotopic (exact) mass is 500 g/mol. The summed E-state index contributed by atoms with van der Waals surface area (Å²) in [5, 5.41) is 35.1. The molecule has 1 aromatic rings. The second kappa shape index (κ2) is 7.18. The molecule has 1 aromatic carbocycles. The lowest BCUT2D eigenvalue weighted by Crippen LogP contribution is -2.70. The molecule has 196 valence electrons. The molecule has 0 amide bonds. The van der Waals surface area contributed by atoms with Crippen molar-refractivity contribution in [3.05, 3.63) is 48.0 Å². The van der Waals surface area contributed by atoms with Crippen molar-refractivity contribution in [2.75, 3.05) is 6.61 Å². The number of hydrogen-bond donors (Lipinski definition) is 3. The fourth-order valence-corrected chi connectivity index (χ4v) is 8.78. The standard InChI is InChI=1S/C28H36O8/c1-15(2)25-10-11-26-18-12-16(3)20(32-13-17-8-6-5-7-9-17)28(18,31)23(30)27(14-29)22(34-27)19(26)21(25)33-24(4,35-25)36-26/h5-9,16,18-23,29-31H,1,10-14H2,2-4H3/t16-,18-,19+,20-,21+,22-,23+,24?,25+,26-,27-,28+/m0/s1. The van der Waals surface area contributed by atoms with E-state index in [1.807, 2.05) is 44.2 Å². The highest BCUT2D eigenvalue weighted by Crippen LogP contribution is 2.72. The third kappa shape index (κ3) is 2.62. The Balaban J connectivity index is 1.35. The lowest BCUT2D eigenvalue weighted by molar-refractivity contribution is -0.418. The van der Waals surface area contributed by atoms with E-state index in [0.29, 0.717) is 25.9 Å². The molecule has 0 radical (unpaired) electrons. The van der Waals surface area contributed by atoms with Crippen molar-refractivity contribution in [1.29, 1.82) is 0 Å². The predicted octanol–water partition coefficient (Wildman–Crippen LogP) is 2.05. The molecule has 0 spiro atoms. The van der Waals surface area contributed by atoms with E-state index in [-0.39, 0.29) is 11.8 Å². The Morgan fingerprint density at radius 1 is 1.14 bits per heavy atom. The van der Waals surface area contributed by atoms with Gasteiger partial charge in [0.25, 0.3) is 5.97 Å². The van der Waals surface area contributed by atoms with Crippen molar-refractivity contribution in [3.63, 3.8) is 0 Å². The molecular formula is C28H36O8. The smallest absolute Gasteiger partial charge is 0.281 e. The highest BCUT2D eigenvalue weighted by molar-refractivity contribution is 5.36. The summed E-state index contributed by atoms with van der Waals surface area (Å²) in [7, 11) is 0. The molecule has 36 heavy (non-hydrogen) atoms. The lowest BCUT2D eigenvalue weighted by atomic mass is 9.58. The van der Waals surface area contributed by atoms with Crippen LogP contribution in [0.3, 0.4) is 0 Å². The van der Waals surface area contributed by atoms with Gasteiger partial charge in [0.2, 0.25) is 0 Å². The van der Waals surface area contributed by atoms with E-state index < -0.39 is 65.3 Å². The Morgan fingerprint density at radius 3 is 2.58 bits per heavy atom. The molecule has 3 aliphatic carbocycles. The SMILES string of the molecule is C=C(C)[C@]12CC[C@@]34OC(C)(O[C@@H]1[C@@H]3[C@@H]1O[C@]1(CO)[C@@H](O)[C@]1(O)[C@@H](OCc3ccccc3)[C@@H](C)C[C@@H]41)O2. The van der Waals surface area contributed by atoms with Crippen LogP contribution in [-0.4, -0.2) is 74.7 Å². The van der Waals surface area contributed by atoms with Crippen LogP contribution in [-0.2, 0) is 30.3 Å². The van der Waals surface area contributed by atoms with E-state index in [1.165, 1.54) is 0 Å². The summed E-state index contributed by atoms with van der Waals surface area (Å²) in [6, 6.07) is 9.80. The average Bonchev–Trinajstić information content (AvgIpc) is 3.47. The summed E-state index contributed by atoms with van der Waals surface area (Å²) >= 11 is 0. The molecule has 3 aliphatic heterocycles. The zero-order chi connectivity index (χ0) is 25.3. The Bertz CT molecular complexity index is 1100. The fraction of sp³-hybridized carbons (Fsp3) is 0.714. The summed E-state index contributed by atoms with van der Waals surface area (Å²) in [5.74, 6) is -2.17. The number of epoxide rings is 1. The number of fused-ring (bicyclic) bond motifs is 3. The van der Waals surface area contributed by atoms with Gasteiger partial charge in [-0.05, 0) is 43.2 Å². The highest BCUT2D eigenvalue weighted by atomic mass is 16.9. The minimum Gasteiger partial charge on any atom is -0.393 e. The summed E-state index contributed by atoms with van der Waals surface area (Å²) < 4.78 is 32.3. The van der Waals surface area contributed by atoms with Gasteiger partial charge in [-0.3, -0.25) is 0 Å². The molecule has 6 fully saturated rings. The Morgan fingerprint density at radius 2 is 1.89 bits per heavy atom. The van der Waals surface area contributed by atoms with E-state index in [9.17, 15) is 15.3 Å². The van der Waals surface area contributed by atoms with Crippen molar-refractivity contribution < 1.29 is 39.0 Å². The third-order valence-electron chi connectivity index (χ3n) is 10.3. The van der Waals surface area contributed by atoms with Gasteiger partial charge in [0, 0.05) is 18.8 Å². The van der Waals surface area contributed by atoms with E-state index in [2.05, 4.69) is 6.58 Å². The van der Waals surface area contributed by atoms with Crippen LogP contribution in [0.1, 0.15) is 45.6 Å². The molecule has 0 aromatic heterocycles. The molecule has 3 heterocycles. The van der Waals surface area contributed by atoms with Gasteiger partial charge in [-0.1, -0.05) is 43.8 Å². The van der Waals surface area contributed by atoms with Gasteiger partial charge in [-0.25, -0.2) is 0 Å². The van der Waals surface area contributed by atoms with Gasteiger partial charge in [-0.15, -0.1) is 0 Å². The second-order valence-electron chi connectivity index (χ2n) is 12.2. The number of aliphatic hydroxyl groups is 3. The summed E-state index contributed by atoms with van der Waals surface area (Å²) in [4.78, 5) is 0. The Hall–Kier alpha value is -1.36. The maximum absolute atomic E-state index is 12.6. The van der Waals surface area contributed by atoms with Gasteiger partial charge < -0.3 is 39.0 Å². The van der Waals surface area contributed by atoms with Crippen LogP contribution in [0, 0.1) is 17.8 Å². The van der Waals surface area contributed by atoms with Crippen molar-refractivity contribution in [2.45, 2.75) is 99.4 Å².